The van der Waals surface area contributed by atoms with Crippen LogP contribution in [0.2, 0.25) is 5.02 Å². The molecule has 0 aromatic heterocycles. The molecule has 0 fully saturated rings. The fourth-order valence-corrected chi connectivity index (χ4v) is 2.71. The average Bonchev–Trinajstić information content (AvgIpc) is 2.55. The number of fused-ring (bicyclic) bond motifs is 1. The molecule has 3 rings (SSSR count). The molecule has 1 unspecified atom stereocenters. The summed E-state index contributed by atoms with van der Waals surface area (Å²) in [6.07, 6.45) is 0. The van der Waals surface area contributed by atoms with Gasteiger partial charge in [0.2, 0.25) is 0 Å². The quantitative estimate of drug-likeness (QED) is 0.915. The van der Waals surface area contributed by atoms with E-state index in [0.717, 1.165) is 5.56 Å². The number of halogens is 1. The molecular weight excluding hydrogens is 300 g/mol. The Morgan fingerprint density at radius 2 is 1.91 bits per heavy atom. The first-order valence-corrected chi connectivity index (χ1v) is 7.44. The van der Waals surface area contributed by atoms with Crippen LogP contribution in [0.15, 0.2) is 48.5 Å². The molecule has 0 saturated heterocycles. The van der Waals surface area contributed by atoms with Crippen molar-refractivity contribution in [1.29, 1.82) is 0 Å². The molecule has 1 atom stereocenters. The van der Waals surface area contributed by atoms with Crippen LogP contribution >= 0.6 is 11.6 Å². The van der Waals surface area contributed by atoms with E-state index in [1.807, 2.05) is 18.2 Å². The minimum Gasteiger partial charge on any atom is -0.351 e. The number of carbonyl (C=O) groups excluding carboxylic acids is 2. The van der Waals surface area contributed by atoms with Crippen molar-refractivity contribution in [3.8, 4) is 0 Å². The normalized spacial score (nSPS) is 16.6. The smallest absolute Gasteiger partial charge is 0.251 e. The number of nitrogens with one attached hydrogen (secondary N) is 2. The van der Waals surface area contributed by atoms with Gasteiger partial charge in [0, 0.05) is 35.2 Å². The summed E-state index contributed by atoms with van der Waals surface area (Å²) in [6, 6.07) is 14.2. The van der Waals surface area contributed by atoms with Gasteiger partial charge in [-0.2, -0.15) is 0 Å². The maximum absolute atomic E-state index is 12.1. The van der Waals surface area contributed by atoms with Crippen molar-refractivity contribution < 1.29 is 9.59 Å². The van der Waals surface area contributed by atoms with Crippen molar-refractivity contribution in [1.82, 2.24) is 10.6 Å². The zero-order chi connectivity index (χ0) is 15.5. The van der Waals surface area contributed by atoms with Crippen LogP contribution in [0.25, 0.3) is 0 Å². The summed E-state index contributed by atoms with van der Waals surface area (Å²) in [5, 5.41) is 6.36. The summed E-state index contributed by atoms with van der Waals surface area (Å²) in [5.41, 5.74) is 2.22. The Bertz CT molecular complexity index is 713. The molecule has 0 radical (unpaired) electrons. The number of amides is 2. The maximum Gasteiger partial charge on any atom is 0.251 e. The van der Waals surface area contributed by atoms with E-state index in [2.05, 4.69) is 10.6 Å². The third-order valence-corrected chi connectivity index (χ3v) is 4.02. The second-order valence-electron chi connectivity index (χ2n) is 5.21. The zero-order valence-electron chi connectivity index (χ0n) is 11.8. The summed E-state index contributed by atoms with van der Waals surface area (Å²) in [5.74, 6) is -0.132. The van der Waals surface area contributed by atoms with E-state index in [0.29, 0.717) is 29.2 Å². The Balaban J connectivity index is 1.69. The number of hydrogen-bond donors (Lipinski definition) is 2. The Hall–Kier alpha value is -2.33. The molecule has 0 spiro atoms. The minimum absolute atomic E-state index is 0.0594. The Kier molecular flexibility index (Phi) is 4.11. The van der Waals surface area contributed by atoms with Gasteiger partial charge in [0.15, 0.2) is 0 Å². The van der Waals surface area contributed by atoms with Crippen LogP contribution in [0.3, 0.4) is 0 Å². The predicted octanol–water partition coefficient (Wildman–Crippen LogP) is 2.60. The lowest BCUT2D eigenvalue weighted by Crippen LogP contribution is -2.40. The van der Waals surface area contributed by atoms with Gasteiger partial charge in [-0.3, -0.25) is 9.59 Å². The molecule has 2 amide bonds. The van der Waals surface area contributed by atoms with Crippen LogP contribution in [-0.4, -0.2) is 24.9 Å². The van der Waals surface area contributed by atoms with E-state index >= 15 is 0 Å². The molecule has 4 nitrogen and oxygen atoms in total. The molecule has 112 valence electrons. The molecule has 22 heavy (non-hydrogen) atoms. The van der Waals surface area contributed by atoms with Crippen molar-refractivity contribution in [2.75, 3.05) is 13.1 Å². The van der Waals surface area contributed by atoms with E-state index < -0.39 is 0 Å². The van der Waals surface area contributed by atoms with E-state index in [1.165, 1.54) is 0 Å². The standard InChI is InChI=1S/C17H15ClN2O2/c18-13-7-5-11(6-8-13)16(21)19-9-12-10-20-17(22)15-4-2-1-3-14(12)15/h1-8,12H,9-10H2,(H,19,21)(H,20,22). The highest BCUT2D eigenvalue weighted by molar-refractivity contribution is 6.30. The minimum atomic E-state index is -0.147. The summed E-state index contributed by atoms with van der Waals surface area (Å²) in [7, 11) is 0. The average molecular weight is 315 g/mol. The molecule has 1 heterocycles. The second-order valence-corrected chi connectivity index (χ2v) is 5.65. The highest BCUT2D eigenvalue weighted by Gasteiger charge is 2.24. The molecule has 5 heteroatoms. The Morgan fingerprint density at radius 1 is 1.18 bits per heavy atom. The first kappa shape index (κ1) is 14.6. The topological polar surface area (TPSA) is 58.2 Å². The monoisotopic (exact) mass is 314 g/mol. The van der Waals surface area contributed by atoms with Crippen LogP contribution in [0, 0.1) is 0 Å². The summed E-state index contributed by atoms with van der Waals surface area (Å²) in [4.78, 5) is 23.9. The van der Waals surface area contributed by atoms with E-state index in [-0.39, 0.29) is 17.7 Å². The summed E-state index contributed by atoms with van der Waals surface area (Å²) < 4.78 is 0. The van der Waals surface area contributed by atoms with Crippen LogP contribution < -0.4 is 10.6 Å². The highest BCUT2D eigenvalue weighted by Crippen LogP contribution is 2.23. The lowest BCUT2D eigenvalue weighted by Gasteiger charge is -2.25. The number of benzene rings is 2. The van der Waals surface area contributed by atoms with Crippen LogP contribution in [-0.2, 0) is 0 Å². The Morgan fingerprint density at radius 3 is 2.68 bits per heavy atom. The van der Waals surface area contributed by atoms with Gasteiger partial charge in [0.25, 0.3) is 11.8 Å². The molecule has 2 N–H and O–H groups in total. The molecule has 1 aliphatic heterocycles. The van der Waals surface area contributed by atoms with E-state index in [1.54, 1.807) is 30.3 Å². The molecule has 2 aromatic carbocycles. The fraction of sp³-hybridized carbons (Fsp3) is 0.176. The zero-order valence-corrected chi connectivity index (χ0v) is 12.6. The van der Waals surface area contributed by atoms with Crippen molar-refractivity contribution in [3.05, 3.63) is 70.2 Å². The first-order valence-electron chi connectivity index (χ1n) is 7.06. The molecule has 0 bridgehead atoms. The molecular formula is C17H15ClN2O2. The van der Waals surface area contributed by atoms with Crippen LogP contribution in [0.5, 0.6) is 0 Å². The SMILES string of the molecule is O=C(NCC1CNC(=O)c2ccccc21)c1ccc(Cl)cc1. The number of hydrogen-bond acceptors (Lipinski definition) is 2. The third-order valence-electron chi connectivity index (χ3n) is 3.77. The largest absolute Gasteiger partial charge is 0.351 e. The number of rotatable bonds is 3. The lowest BCUT2D eigenvalue weighted by molar-refractivity contribution is 0.0936. The second kappa shape index (κ2) is 6.20. The molecule has 0 aliphatic carbocycles. The predicted molar refractivity (Wildman–Crippen MR) is 85.3 cm³/mol. The van der Waals surface area contributed by atoms with Gasteiger partial charge in [-0.25, -0.2) is 0 Å². The highest BCUT2D eigenvalue weighted by atomic mass is 35.5. The van der Waals surface area contributed by atoms with Crippen molar-refractivity contribution in [2.24, 2.45) is 0 Å². The van der Waals surface area contributed by atoms with Gasteiger partial charge >= 0.3 is 0 Å². The first-order chi connectivity index (χ1) is 10.6. The van der Waals surface area contributed by atoms with Gasteiger partial charge in [-0.15, -0.1) is 0 Å². The van der Waals surface area contributed by atoms with Gasteiger partial charge < -0.3 is 10.6 Å². The van der Waals surface area contributed by atoms with Crippen molar-refractivity contribution in [3.63, 3.8) is 0 Å². The van der Waals surface area contributed by atoms with Gasteiger partial charge in [-0.1, -0.05) is 29.8 Å². The molecule has 0 saturated carbocycles. The van der Waals surface area contributed by atoms with Gasteiger partial charge in [0.05, 0.1) is 0 Å². The van der Waals surface area contributed by atoms with Crippen molar-refractivity contribution in [2.45, 2.75) is 5.92 Å². The number of carbonyl (C=O) groups is 2. The Labute approximate surface area is 133 Å². The van der Waals surface area contributed by atoms with Crippen LogP contribution in [0.4, 0.5) is 0 Å². The fourth-order valence-electron chi connectivity index (χ4n) is 2.58. The maximum atomic E-state index is 12.1. The van der Waals surface area contributed by atoms with Gasteiger partial charge in [0.1, 0.15) is 0 Å². The third kappa shape index (κ3) is 2.97. The molecule has 1 aliphatic rings. The van der Waals surface area contributed by atoms with E-state index in [9.17, 15) is 9.59 Å². The molecule has 2 aromatic rings. The summed E-state index contributed by atoms with van der Waals surface area (Å²) >= 11 is 5.81. The summed E-state index contributed by atoms with van der Waals surface area (Å²) in [6.45, 7) is 0.996. The van der Waals surface area contributed by atoms with Crippen LogP contribution in [0.1, 0.15) is 32.2 Å². The van der Waals surface area contributed by atoms with Gasteiger partial charge in [-0.05, 0) is 35.9 Å². The lowest BCUT2D eigenvalue weighted by atomic mass is 9.90. The van der Waals surface area contributed by atoms with Crippen molar-refractivity contribution >= 4 is 23.4 Å². The van der Waals surface area contributed by atoms with E-state index in [4.69, 9.17) is 11.6 Å².